The van der Waals surface area contributed by atoms with Crippen molar-refractivity contribution < 1.29 is 9.59 Å². The Balaban J connectivity index is 2.42. The summed E-state index contributed by atoms with van der Waals surface area (Å²) in [7, 11) is 0. The van der Waals surface area contributed by atoms with Crippen molar-refractivity contribution in [2.24, 2.45) is 0 Å². The number of amides is 1. The van der Waals surface area contributed by atoms with E-state index < -0.39 is 0 Å². The third kappa shape index (κ3) is 3.13. The van der Waals surface area contributed by atoms with Crippen LogP contribution >= 0.6 is 0 Å². The van der Waals surface area contributed by atoms with Gasteiger partial charge in [0.15, 0.2) is 5.78 Å². The summed E-state index contributed by atoms with van der Waals surface area (Å²) in [6.45, 7) is 4.94. The van der Waals surface area contributed by atoms with Crippen LogP contribution in [0.15, 0.2) is 42.9 Å². The Morgan fingerprint density at radius 1 is 1.10 bits per heavy atom. The van der Waals surface area contributed by atoms with Gasteiger partial charge in [-0.3, -0.25) is 19.6 Å². The van der Waals surface area contributed by atoms with Crippen molar-refractivity contribution in [2.75, 3.05) is 13.1 Å². The minimum atomic E-state index is -0.244. The molecule has 0 N–H and O–H groups in total. The number of aromatic nitrogens is 2. The molecule has 0 aliphatic carbocycles. The summed E-state index contributed by atoms with van der Waals surface area (Å²) in [5.74, 6) is -0.473. The molecule has 0 saturated carbocycles. The highest BCUT2D eigenvalue weighted by Crippen LogP contribution is 2.14. The second-order valence-corrected chi connectivity index (χ2v) is 4.45. The van der Waals surface area contributed by atoms with E-state index in [1.165, 1.54) is 12.4 Å². The molecule has 5 nitrogen and oxygen atoms in total. The first kappa shape index (κ1) is 14.8. The Morgan fingerprint density at radius 2 is 1.81 bits per heavy atom. The number of rotatable bonds is 5. The molecule has 0 unspecified atom stereocenters. The molecule has 0 aliphatic rings. The molecule has 2 aromatic heterocycles. The van der Waals surface area contributed by atoms with Crippen LogP contribution in [-0.2, 0) is 0 Å². The van der Waals surface area contributed by atoms with Crippen molar-refractivity contribution in [2.45, 2.75) is 13.8 Å². The fourth-order valence-corrected chi connectivity index (χ4v) is 2.07. The summed E-state index contributed by atoms with van der Waals surface area (Å²) in [5.41, 5.74) is 0.941. The van der Waals surface area contributed by atoms with Gasteiger partial charge in [-0.05, 0) is 38.1 Å². The molecular formula is C16H17N3O2. The average Bonchev–Trinajstić information content (AvgIpc) is 2.56. The van der Waals surface area contributed by atoms with Crippen LogP contribution in [-0.4, -0.2) is 39.6 Å². The van der Waals surface area contributed by atoms with Crippen molar-refractivity contribution in [3.8, 4) is 0 Å². The van der Waals surface area contributed by atoms with Crippen molar-refractivity contribution in [3.05, 3.63) is 59.7 Å². The maximum atomic E-state index is 12.5. The molecule has 0 saturated heterocycles. The molecule has 5 heteroatoms. The molecule has 0 fully saturated rings. The summed E-state index contributed by atoms with van der Waals surface area (Å²) in [6, 6.07) is 6.64. The number of nitrogens with zero attached hydrogens (tertiary/aromatic N) is 3. The van der Waals surface area contributed by atoms with E-state index in [-0.39, 0.29) is 17.4 Å². The van der Waals surface area contributed by atoms with Crippen LogP contribution in [0.2, 0.25) is 0 Å². The van der Waals surface area contributed by atoms with Crippen LogP contribution in [0, 0.1) is 0 Å². The normalized spacial score (nSPS) is 10.2. The minimum Gasteiger partial charge on any atom is -0.338 e. The molecule has 0 spiro atoms. The second kappa shape index (κ2) is 6.74. The van der Waals surface area contributed by atoms with Crippen molar-refractivity contribution in [3.63, 3.8) is 0 Å². The van der Waals surface area contributed by atoms with E-state index in [0.29, 0.717) is 24.2 Å². The summed E-state index contributed by atoms with van der Waals surface area (Å²) in [6.07, 6.45) is 4.61. The summed E-state index contributed by atoms with van der Waals surface area (Å²) >= 11 is 0. The monoisotopic (exact) mass is 283 g/mol. The van der Waals surface area contributed by atoms with Gasteiger partial charge in [0.25, 0.3) is 5.91 Å². The molecule has 2 rings (SSSR count). The predicted molar refractivity (Wildman–Crippen MR) is 79.2 cm³/mol. The first-order valence-electron chi connectivity index (χ1n) is 6.88. The lowest BCUT2D eigenvalue weighted by atomic mass is 10.0. The van der Waals surface area contributed by atoms with Gasteiger partial charge in [0.1, 0.15) is 5.69 Å². The van der Waals surface area contributed by atoms with E-state index in [1.54, 1.807) is 35.4 Å². The van der Waals surface area contributed by atoms with Gasteiger partial charge in [-0.2, -0.15) is 0 Å². The quantitative estimate of drug-likeness (QED) is 0.789. The van der Waals surface area contributed by atoms with E-state index in [1.807, 2.05) is 13.8 Å². The third-order valence-electron chi connectivity index (χ3n) is 3.23. The Hall–Kier alpha value is -2.56. The number of pyridine rings is 2. The number of carbonyl (C=O) groups excluding carboxylic acids is 2. The molecule has 2 aromatic rings. The zero-order valence-electron chi connectivity index (χ0n) is 12.1. The smallest absolute Gasteiger partial charge is 0.273 e. The first-order chi connectivity index (χ1) is 10.2. The Morgan fingerprint density at radius 3 is 2.43 bits per heavy atom. The van der Waals surface area contributed by atoms with Gasteiger partial charge >= 0.3 is 0 Å². The predicted octanol–water partition coefficient (Wildman–Crippen LogP) is 2.19. The molecular weight excluding hydrogens is 266 g/mol. The van der Waals surface area contributed by atoms with Crippen LogP contribution in [0.1, 0.15) is 40.3 Å². The zero-order valence-corrected chi connectivity index (χ0v) is 12.1. The van der Waals surface area contributed by atoms with Crippen LogP contribution in [0.5, 0.6) is 0 Å². The highest BCUT2D eigenvalue weighted by atomic mass is 16.2. The molecule has 21 heavy (non-hydrogen) atoms. The van der Waals surface area contributed by atoms with Gasteiger partial charge in [0.05, 0.1) is 5.56 Å². The van der Waals surface area contributed by atoms with E-state index in [9.17, 15) is 9.59 Å². The highest BCUT2D eigenvalue weighted by molar-refractivity contribution is 6.14. The largest absolute Gasteiger partial charge is 0.338 e. The average molecular weight is 283 g/mol. The summed E-state index contributed by atoms with van der Waals surface area (Å²) < 4.78 is 0. The van der Waals surface area contributed by atoms with Crippen molar-refractivity contribution in [1.82, 2.24) is 14.9 Å². The van der Waals surface area contributed by atoms with Crippen molar-refractivity contribution in [1.29, 1.82) is 0 Å². The maximum Gasteiger partial charge on any atom is 0.273 e. The fraction of sp³-hybridized carbons (Fsp3) is 0.250. The highest BCUT2D eigenvalue weighted by Gasteiger charge is 2.22. The molecule has 0 bridgehead atoms. The zero-order chi connectivity index (χ0) is 15.2. The SMILES string of the molecule is CCN(CC)C(=O)c1ncccc1C(=O)c1cccnc1. The van der Waals surface area contributed by atoms with Crippen LogP contribution in [0.3, 0.4) is 0 Å². The van der Waals surface area contributed by atoms with Gasteiger partial charge < -0.3 is 4.90 Å². The lowest BCUT2D eigenvalue weighted by molar-refractivity contribution is 0.0762. The molecule has 0 aliphatic heterocycles. The van der Waals surface area contributed by atoms with Gasteiger partial charge in [-0.25, -0.2) is 0 Å². The second-order valence-electron chi connectivity index (χ2n) is 4.45. The Labute approximate surface area is 123 Å². The first-order valence-corrected chi connectivity index (χ1v) is 6.88. The molecule has 0 aromatic carbocycles. The van der Waals surface area contributed by atoms with Gasteiger partial charge in [-0.1, -0.05) is 0 Å². The van der Waals surface area contributed by atoms with E-state index >= 15 is 0 Å². The van der Waals surface area contributed by atoms with Crippen LogP contribution in [0.25, 0.3) is 0 Å². The molecule has 0 radical (unpaired) electrons. The number of carbonyl (C=O) groups is 2. The number of ketones is 1. The topological polar surface area (TPSA) is 63.2 Å². The van der Waals surface area contributed by atoms with Crippen molar-refractivity contribution >= 4 is 11.7 Å². The maximum absolute atomic E-state index is 12.5. The molecule has 2 heterocycles. The van der Waals surface area contributed by atoms with Crippen LogP contribution in [0.4, 0.5) is 0 Å². The number of hydrogen-bond donors (Lipinski definition) is 0. The van der Waals surface area contributed by atoms with E-state index in [2.05, 4.69) is 9.97 Å². The number of hydrogen-bond acceptors (Lipinski definition) is 4. The summed E-state index contributed by atoms with van der Waals surface area (Å²) in [5, 5.41) is 0. The lowest BCUT2D eigenvalue weighted by Crippen LogP contribution is -2.32. The Kier molecular flexibility index (Phi) is 4.77. The van der Waals surface area contributed by atoms with Gasteiger partial charge in [0, 0.05) is 37.2 Å². The molecule has 0 atom stereocenters. The molecule has 1 amide bonds. The van der Waals surface area contributed by atoms with Gasteiger partial charge in [-0.15, -0.1) is 0 Å². The Bertz CT molecular complexity index is 637. The van der Waals surface area contributed by atoms with E-state index in [0.717, 1.165) is 0 Å². The summed E-state index contributed by atoms with van der Waals surface area (Å²) in [4.78, 5) is 34.7. The lowest BCUT2D eigenvalue weighted by Gasteiger charge is -2.19. The molecule has 108 valence electrons. The van der Waals surface area contributed by atoms with Gasteiger partial charge in [0.2, 0.25) is 0 Å². The van der Waals surface area contributed by atoms with Crippen LogP contribution < -0.4 is 0 Å². The third-order valence-corrected chi connectivity index (χ3v) is 3.23. The standard InChI is InChI=1S/C16H17N3O2/c1-3-19(4-2)16(21)14-13(8-6-10-18-14)15(20)12-7-5-9-17-11-12/h5-11H,3-4H2,1-2H3. The minimum absolute atomic E-state index is 0.190. The van der Waals surface area contributed by atoms with E-state index in [4.69, 9.17) is 0 Å². The fourth-order valence-electron chi connectivity index (χ4n) is 2.07.